The van der Waals surface area contributed by atoms with Gasteiger partial charge < -0.3 is 32.1 Å². The maximum atomic E-state index is 13.0. The molecular weight excluding hydrogens is 534 g/mol. The predicted octanol–water partition coefficient (Wildman–Crippen LogP) is 1.82. The van der Waals surface area contributed by atoms with Crippen LogP contribution in [-0.2, 0) is 32.0 Å². The summed E-state index contributed by atoms with van der Waals surface area (Å²) in [6, 6.07) is 23.9. The molecule has 0 fully saturated rings. The maximum absolute atomic E-state index is 13.0. The molecule has 0 saturated heterocycles. The van der Waals surface area contributed by atoms with Crippen LogP contribution < -0.4 is 22.1 Å². The number of nitrogens with two attached hydrogens (primary N) is 2. The van der Waals surface area contributed by atoms with Crippen LogP contribution in [0.3, 0.4) is 0 Å². The van der Waals surface area contributed by atoms with E-state index in [4.69, 9.17) is 11.5 Å². The fraction of sp³-hybridized carbons (Fsp3) is 0.312. The molecule has 1 unspecified atom stereocenters. The van der Waals surface area contributed by atoms with Crippen molar-refractivity contribution in [1.29, 1.82) is 0 Å². The number of carbonyl (C=O) groups is 4. The molecule has 0 aliphatic rings. The van der Waals surface area contributed by atoms with Crippen LogP contribution in [0.1, 0.15) is 30.0 Å². The van der Waals surface area contributed by atoms with E-state index < -0.39 is 35.7 Å². The van der Waals surface area contributed by atoms with Crippen LogP contribution in [0, 0.1) is 6.92 Å². The smallest absolute Gasteiger partial charge is 0.243 e. The van der Waals surface area contributed by atoms with Crippen LogP contribution >= 0.6 is 0 Å². The first-order valence-electron chi connectivity index (χ1n) is 13.8. The van der Waals surface area contributed by atoms with Gasteiger partial charge in [0, 0.05) is 13.0 Å². The Bertz CT molecular complexity index is 1270. The average Bonchev–Trinajstić information content (AvgIpc) is 2.97. The molecular formula is C32H41N5O5. The number of amides is 4. The van der Waals surface area contributed by atoms with Crippen LogP contribution in [0.25, 0.3) is 0 Å². The molecule has 10 heteroatoms. The average molecular weight is 576 g/mol. The molecule has 0 radical (unpaired) electrons. The van der Waals surface area contributed by atoms with Gasteiger partial charge in [-0.05, 0) is 43.0 Å². The molecule has 3 rings (SSSR count). The first-order valence-corrected chi connectivity index (χ1v) is 13.8. The second-order valence-electron chi connectivity index (χ2n) is 9.89. The minimum atomic E-state index is -0.964. The number of benzene rings is 3. The molecule has 0 aromatic heterocycles. The van der Waals surface area contributed by atoms with Gasteiger partial charge in [-0.25, -0.2) is 0 Å². The summed E-state index contributed by atoms with van der Waals surface area (Å²) in [7, 11) is 0. The Kier molecular flexibility index (Phi) is 14.3. The van der Waals surface area contributed by atoms with Crippen molar-refractivity contribution in [3.05, 3.63) is 102 Å². The van der Waals surface area contributed by atoms with Gasteiger partial charge in [-0.2, -0.15) is 0 Å². The van der Waals surface area contributed by atoms with Crippen LogP contribution in [0.5, 0.6) is 5.75 Å². The second kappa shape index (κ2) is 17.9. The van der Waals surface area contributed by atoms with Gasteiger partial charge in [0.1, 0.15) is 11.8 Å². The predicted molar refractivity (Wildman–Crippen MR) is 162 cm³/mol. The Hall–Kier alpha value is -4.70. The standard InChI is InChI=1S/C25H33N5O5.C7H8/c1-2-12-30(25(35)20(26)13-18-8-10-19(31)11-9-18)16-23(33)29-21(24(34)28-15-22(27)32)14-17-6-4-3-5-7-17;1-7-5-3-2-4-6-7/h3-11,20-21,31H,2,12-16,26H2,1H3,(H2,27,32)(H,28,34)(H,29,33);2-6H,1H3/t20?,21-;/m0./s1. The summed E-state index contributed by atoms with van der Waals surface area (Å²) in [4.78, 5) is 50.9. The lowest BCUT2D eigenvalue weighted by Gasteiger charge is -2.26. The van der Waals surface area contributed by atoms with Gasteiger partial charge in [0.05, 0.1) is 19.1 Å². The molecule has 224 valence electrons. The van der Waals surface area contributed by atoms with E-state index in [1.807, 2.05) is 55.5 Å². The number of aromatic hydroxyl groups is 1. The molecule has 0 spiro atoms. The molecule has 42 heavy (non-hydrogen) atoms. The van der Waals surface area contributed by atoms with Crippen molar-refractivity contribution in [2.75, 3.05) is 19.6 Å². The number of hydrogen-bond donors (Lipinski definition) is 5. The lowest BCUT2D eigenvalue weighted by atomic mass is 10.0. The first-order chi connectivity index (χ1) is 20.1. The third-order valence-corrected chi connectivity index (χ3v) is 6.16. The molecule has 10 nitrogen and oxygen atoms in total. The van der Waals surface area contributed by atoms with Crippen molar-refractivity contribution in [2.24, 2.45) is 11.5 Å². The largest absolute Gasteiger partial charge is 0.508 e. The summed E-state index contributed by atoms with van der Waals surface area (Å²) in [5.41, 5.74) is 14.1. The van der Waals surface area contributed by atoms with E-state index in [-0.39, 0.29) is 31.7 Å². The zero-order chi connectivity index (χ0) is 30.9. The van der Waals surface area contributed by atoms with Crippen LogP contribution in [0.15, 0.2) is 84.9 Å². The Morgan fingerprint density at radius 2 is 1.43 bits per heavy atom. The third-order valence-electron chi connectivity index (χ3n) is 6.16. The molecule has 0 heterocycles. The van der Waals surface area contributed by atoms with Crippen LogP contribution in [0.4, 0.5) is 0 Å². The molecule has 7 N–H and O–H groups in total. The van der Waals surface area contributed by atoms with Crippen molar-refractivity contribution >= 4 is 23.6 Å². The van der Waals surface area contributed by atoms with E-state index in [0.29, 0.717) is 13.0 Å². The lowest BCUT2D eigenvalue weighted by molar-refractivity contribution is -0.138. The summed E-state index contributed by atoms with van der Waals surface area (Å²) in [6.45, 7) is 3.64. The summed E-state index contributed by atoms with van der Waals surface area (Å²) < 4.78 is 0. The Labute approximate surface area is 247 Å². The summed E-state index contributed by atoms with van der Waals surface area (Å²) >= 11 is 0. The summed E-state index contributed by atoms with van der Waals surface area (Å²) in [6.07, 6.45) is 1.05. The molecule has 3 aromatic rings. The molecule has 0 bridgehead atoms. The summed E-state index contributed by atoms with van der Waals surface area (Å²) in [5.74, 6) is -2.07. The Balaban J connectivity index is 0.000000766. The normalized spacial score (nSPS) is 11.7. The first kappa shape index (κ1) is 33.5. The zero-order valence-electron chi connectivity index (χ0n) is 24.2. The Morgan fingerprint density at radius 1 is 0.857 bits per heavy atom. The third kappa shape index (κ3) is 12.6. The van der Waals surface area contributed by atoms with Gasteiger partial charge in [0.25, 0.3) is 0 Å². The number of aryl methyl sites for hydroxylation is 1. The van der Waals surface area contributed by atoms with Crippen molar-refractivity contribution in [2.45, 2.75) is 45.2 Å². The van der Waals surface area contributed by atoms with E-state index >= 15 is 0 Å². The number of rotatable bonds is 13. The molecule has 0 aliphatic heterocycles. The highest BCUT2D eigenvalue weighted by Crippen LogP contribution is 2.12. The number of phenolic OH excluding ortho intramolecular Hbond substituents is 1. The van der Waals surface area contributed by atoms with E-state index in [2.05, 4.69) is 29.7 Å². The highest BCUT2D eigenvalue weighted by Gasteiger charge is 2.26. The van der Waals surface area contributed by atoms with E-state index in [0.717, 1.165) is 11.1 Å². The second-order valence-corrected chi connectivity index (χ2v) is 9.89. The monoisotopic (exact) mass is 575 g/mol. The number of phenols is 1. The van der Waals surface area contributed by atoms with Crippen LogP contribution in [-0.4, -0.2) is 65.4 Å². The number of carbonyl (C=O) groups excluding carboxylic acids is 4. The van der Waals surface area contributed by atoms with Gasteiger partial charge in [0.2, 0.25) is 23.6 Å². The summed E-state index contributed by atoms with van der Waals surface area (Å²) in [5, 5.41) is 14.5. The molecule has 0 aliphatic carbocycles. The number of nitrogens with one attached hydrogen (secondary N) is 2. The molecule has 2 atom stereocenters. The van der Waals surface area contributed by atoms with Crippen molar-refractivity contribution in [1.82, 2.24) is 15.5 Å². The van der Waals surface area contributed by atoms with Gasteiger partial charge in [0.15, 0.2) is 0 Å². The van der Waals surface area contributed by atoms with Gasteiger partial charge in [-0.1, -0.05) is 85.3 Å². The molecule has 4 amide bonds. The molecule has 3 aromatic carbocycles. The zero-order valence-corrected chi connectivity index (χ0v) is 24.2. The fourth-order valence-corrected chi connectivity index (χ4v) is 4.05. The van der Waals surface area contributed by atoms with E-state index in [1.54, 1.807) is 12.1 Å². The number of primary amides is 1. The maximum Gasteiger partial charge on any atom is 0.243 e. The van der Waals surface area contributed by atoms with Crippen molar-refractivity contribution in [3.63, 3.8) is 0 Å². The van der Waals surface area contributed by atoms with E-state index in [9.17, 15) is 24.3 Å². The van der Waals surface area contributed by atoms with Gasteiger partial charge in [-0.3, -0.25) is 19.2 Å². The number of nitrogens with zero attached hydrogens (tertiary/aromatic N) is 1. The highest BCUT2D eigenvalue weighted by molar-refractivity contribution is 5.92. The highest BCUT2D eigenvalue weighted by atomic mass is 16.3. The molecule has 0 saturated carbocycles. The quantitative estimate of drug-likeness (QED) is 0.208. The van der Waals surface area contributed by atoms with E-state index in [1.165, 1.54) is 22.6 Å². The van der Waals surface area contributed by atoms with Gasteiger partial charge in [-0.15, -0.1) is 0 Å². The van der Waals surface area contributed by atoms with Crippen molar-refractivity contribution in [3.8, 4) is 5.75 Å². The van der Waals surface area contributed by atoms with Gasteiger partial charge >= 0.3 is 0 Å². The minimum absolute atomic E-state index is 0.114. The Morgan fingerprint density at radius 3 is 1.95 bits per heavy atom. The van der Waals surface area contributed by atoms with Crippen LogP contribution in [0.2, 0.25) is 0 Å². The minimum Gasteiger partial charge on any atom is -0.508 e. The lowest BCUT2D eigenvalue weighted by Crippen LogP contribution is -2.53. The topological polar surface area (TPSA) is 168 Å². The number of hydrogen-bond acceptors (Lipinski definition) is 6. The fourth-order valence-electron chi connectivity index (χ4n) is 4.05. The SMILES string of the molecule is CCCN(CC(=O)N[C@@H](Cc1ccccc1)C(=O)NCC(N)=O)C(=O)C(N)Cc1ccc(O)cc1.Cc1ccccc1. The van der Waals surface area contributed by atoms with Crippen molar-refractivity contribution < 1.29 is 24.3 Å².